The van der Waals surface area contributed by atoms with E-state index in [-0.39, 0.29) is 17.7 Å². The van der Waals surface area contributed by atoms with Gasteiger partial charge >= 0.3 is 0 Å². The normalized spacial score (nSPS) is 19.5. The predicted molar refractivity (Wildman–Crippen MR) is 142 cm³/mol. The van der Waals surface area contributed by atoms with Crippen LogP contribution in [0.5, 0.6) is 0 Å². The van der Waals surface area contributed by atoms with Gasteiger partial charge in [-0.15, -0.1) is 0 Å². The lowest BCUT2D eigenvalue weighted by molar-refractivity contribution is -0.134. The molecule has 1 aliphatic carbocycles. The Bertz CT molecular complexity index is 1360. The summed E-state index contributed by atoms with van der Waals surface area (Å²) >= 11 is 0. The molecule has 0 atom stereocenters. The van der Waals surface area contributed by atoms with Crippen LogP contribution in [0.15, 0.2) is 60.8 Å². The van der Waals surface area contributed by atoms with Crippen molar-refractivity contribution in [3.63, 3.8) is 0 Å². The minimum absolute atomic E-state index is 0.0352. The van der Waals surface area contributed by atoms with Crippen LogP contribution in [-0.2, 0) is 10.2 Å². The molecule has 7 heteroatoms. The molecule has 0 N–H and O–H groups in total. The van der Waals surface area contributed by atoms with Gasteiger partial charge in [0.25, 0.3) is 5.91 Å². The van der Waals surface area contributed by atoms with Gasteiger partial charge in [-0.2, -0.15) is 5.26 Å². The van der Waals surface area contributed by atoms with Crippen LogP contribution >= 0.6 is 0 Å². The molecule has 2 aromatic carbocycles. The first-order valence-electron chi connectivity index (χ1n) is 13.3. The van der Waals surface area contributed by atoms with Crippen LogP contribution in [0.1, 0.15) is 41.6 Å². The Kier molecular flexibility index (Phi) is 6.03. The van der Waals surface area contributed by atoms with Crippen molar-refractivity contribution in [2.45, 2.75) is 31.1 Å². The van der Waals surface area contributed by atoms with E-state index in [0.717, 1.165) is 35.0 Å². The van der Waals surface area contributed by atoms with Gasteiger partial charge in [0.2, 0.25) is 5.91 Å². The van der Waals surface area contributed by atoms with Gasteiger partial charge in [-0.25, -0.2) is 0 Å². The van der Waals surface area contributed by atoms with E-state index in [2.05, 4.69) is 16.0 Å². The van der Waals surface area contributed by atoms with Crippen molar-refractivity contribution in [3.05, 3.63) is 71.9 Å². The number of anilines is 1. The van der Waals surface area contributed by atoms with Crippen molar-refractivity contribution >= 4 is 28.4 Å². The quantitative estimate of drug-likeness (QED) is 0.549. The van der Waals surface area contributed by atoms with Gasteiger partial charge in [-0.05, 0) is 37.3 Å². The zero-order valence-electron chi connectivity index (χ0n) is 21.0. The number of pyridine rings is 1. The van der Waals surface area contributed by atoms with Crippen LogP contribution in [0.25, 0.3) is 10.9 Å². The zero-order chi connectivity index (χ0) is 25.4. The Morgan fingerprint density at radius 3 is 2.19 bits per heavy atom. The number of hydrogen-bond acceptors (Lipinski definition) is 5. The van der Waals surface area contributed by atoms with E-state index in [4.69, 9.17) is 0 Å². The van der Waals surface area contributed by atoms with Gasteiger partial charge in [0.15, 0.2) is 0 Å². The van der Waals surface area contributed by atoms with Crippen molar-refractivity contribution in [2.75, 3.05) is 44.2 Å². The van der Waals surface area contributed by atoms with Crippen LogP contribution in [0.3, 0.4) is 0 Å². The lowest BCUT2D eigenvalue weighted by atomic mass is 9.74. The number of nitrogens with zero attached hydrogens (tertiary/aromatic N) is 5. The van der Waals surface area contributed by atoms with E-state index in [1.807, 2.05) is 64.4 Å². The molecule has 6 rings (SSSR count). The highest BCUT2D eigenvalue weighted by Gasteiger charge is 2.39. The number of hydrogen-bond donors (Lipinski definition) is 0. The van der Waals surface area contributed by atoms with E-state index >= 15 is 0 Å². The van der Waals surface area contributed by atoms with Crippen LogP contribution in [0.2, 0.25) is 0 Å². The Labute approximate surface area is 217 Å². The first kappa shape index (κ1) is 23.5. The second kappa shape index (κ2) is 9.51. The molecule has 0 unspecified atom stereocenters. The van der Waals surface area contributed by atoms with E-state index in [9.17, 15) is 14.9 Å². The highest BCUT2D eigenvalue weighted by Crippen LogP contribution is 2.39. The third kappa shape index (κ3) is 4.31. The number of piperidine rings is 1. The molecule has 3 fully saturated rings. The van der Waals surface area contributed by atoms with Gasteiger partial charge in [0.1, 0.15) is 0 Å². The number of fused-ring (bicyclic) bond motifs is 1. The molecule has 0 bridgehead atoms. The molecule has 0 spiro atoms. The fraction of sp³-hybridized carbons (Fsp3) is 0.400. The van der Waals surface area contributed by atoms with Crippen molar-refractivity contribution < 1.29 is 9.59 Å². The topological polar surface area (TPSA) is 80.5 Å². The molecule has 2 saturated heterocycles. The summed E-state index contributed by atoms with van der Waals surface area (Å²) in [5.74, 6) is 0.411. The van der Waals surface area contributed by atoms with E-state index in [0.29, 0.717) is 57.7 Å². The minimum Gasteiger partial charge on any atom is -0.370 e. The van der Waals surface area contributed by atoms with Gasteiger partial charge in [-0.1, -0.05) is 48.5 Å². The van der Waals surface area contributed by atoms with Crippen molar-refractivity contribution in [1.82, 2.24) is 14.8 Å². The molecule has 2 amide bonds. The number of piperazine rings is 1. The molecule has 188 valence electrons. The zero-order valence-corrected chi connectivity index (χ0v) is 21.0. The predicted octanol–water partition coefficient (Wildman–Crippen LogP) is 3.99. The number of nitriles is 1. The second-order valence-electron chi connectivity index (χ2n) is 10.5. The number of aromatic nitrogens is 1. The van der Waals surface area contributed by atoms with Crippen LogP contribution in [0, 0.1) is 17.2 Å². The molecule has 3 heterocycles. The SMILES string of the molecule is N#CC1(c2ccccc2)CCN(c2c(C(=O)N3CCN(C(=O)C4CC4)CC3)cnc3ccccc23)CC1. The number of rotatable bonds is 4. The molecule has 3 aromatic rings. The number of carbonyl (C=O) groups is 2. The fourth-order valence-corrected chi connectivity index (χ4v) is 5.85. The second-order valence-corrected chi connectivity index (χ2v) is 10.5. The van der Waals surface area contributed by atoms with Crippen molar-refractivity contribution in [3.8, 4) is 6.07 Å². The Balaban J connectivity index is 1.27. The van der Waals surface area contributed by atoms with Gasteiger partial charge < -0.3 is 14.7 Å². The number of para-hydroxylation sites is 1. The number of benzene rings is 2. The van der Waals surface area contributed by atoms with Crippen LogP contribution < -0.4 is 4.90 Å². The number of amides is 2. The molecule has 2 aliphatic heterocycles. The summed E-state index contributed by atoms with van der Waals surface area (Å²) in [5.41, 5.74) is 2.91. The van der Waals surface area contributed by atoms with Crippen LogP contribution in [-0.4, -0.2) is 65.9 Å². The first-order valence-corrected chi connectivity index (χ1v) is 13.3. The van der Waals surface area contributed by atoms with Gasteiger partial charge in [-0.3, -0.25) is 14.6 Å². The molecule has 1 saturated carbocycles. The molecule has 1 aromatic heterocycles. The fourth-order valence-electron chi connectivity index (χ4n) is 5.85. The molecule has 3 aliphatic rings. The summed E-state index contributed by atoms with van der Waals surface area (Å²) in [4.78, 5) is 37.0. The molecular weight excluding hydrogens is 462 g/mol. The lowest BCUT2D eigenvalue weighted by Crippen LogP contribution is -2.51. The smallest absolute Gasteiger partial charge is 0.257 e. The van der Waals surface area contributed by atoms with Crippen molar-refractivity contribution in [2.24, 2.45) is 5.92 Å². The third-order valence-electron chi connectivity index (χ3n) is 8.26. The lowest BCUT2D eigenvalue weighted by Gasteiger charge is -2.40. The van der Waals surface area contributed by atoms with E-state index in [1.165, 1.54) is 0 Å². The maximum atomic E-state index is 13.8. The minimum atomic E-state index is -0.519. The van der Waals surface area contributed by atoms with Gasteiger partial charge in [0, 0.05) is 56.8 Å². The van der Waals surface area contributed by atoms with E-state index in [1.54, 1.807) is 6.20 Å². The maximum absolute atomic E-state index is 13.8. The Morgan fingerprint density at radius 1 is 0.865 bits per heavy atom. The maximum Gasteiger partial charge on any atom is 0.257 e. The Hall–Kier alpha value is -3.92. The first-order chi connectivity index (χ1) is 18.1. The standard InChI is InChI=1S/C30H31N5O2/c31-21-30(23-6-2-1-3-7-23)12-14-33(15-13-30)27-24-8-4-5-9-26(24)32-20-25(27)29(37)35-18-16-34(17-19-35)28(36)22-10-11-22/h1-9,20,22H,10-19H2. The summed E-state index contributed by atoms with van der Waals surface area (Å²) in [6.45, 7) is 3.61. The summed E-state index contributed by atoms with van der Waals surface area (Å²) in [6, 6.07) is 20.6. The summed E-state index contributed by atoms with van der Waals surface area (Å²) in [5, 5.41) is 11.1. The Morgan fingerprint density at radius 2 is 1.51 bits per heavy atom. The summed E-state index contributed by atoms with van der Waals surface area (Å²) in [6.07, 6.45) is 5.10. The highest BCUT2D eigenvalue weighted by molar-refractivity contribution is 6.07. The van der Waals surface area contributed by atoms with Crippen LogP contribution in [0.4, 0.5) is 5.69 Å². The largest absolute Gasteiger partial charge is 0.370 e. The average molecular weight is 494 g/mol. The average Bonchev–Trinajstić information content (AvgIpc) is 3.82. The summed E-state index contributed by atoms with van der Waals surface area (Å²) in [7, 11) is 0. The third-order valence-corrected chi connectivity index (χ3v) is 8.26. The molecule has 0 radical (unpaired) electrons. The number of carbonyl (C=O) groups excluding carboxylic acids is 2. The van der Waals surface area contributed by atoms with Gasteiger partial charge in [0.05, 0.1) is 28.3 Å². The van der Waals surface area contributed by atoms with E-state index < -0.39 is 5.41 Å². The molecular formula is C30H31N5O2. The van der Waals surface area contributed by atoms with Crippen molar-refractivity contribution in [1.29, 1.82) is 5.26 Å². The monoisotopic (exact) mass is 493 g/mol. The summed E-state index contributed by atoms with van der Waals surface area (Å²) < 4.78 is 0. The highest BCUT2D eigenvalue weighted by atomic mass is 16.2. The molecule has 7 nitrogen and oxygen atoms in total. The molecule has 37 heavy (non-hydrogen) atoms.